The Hall–Kier alpha value is -0.130. The van der Waals surface area contributed by atoms with E-state index in [1.165, 1.54) is 6.42 Å². The van der Waals surface area contributed by atoms with Gasteiger partial charge in [0.1, 0.15) is 0 Å². The van der Waals surface area contributed by atoms with Crippen LogP contribution in [0.5, 0.6) is 0 Å². The van der Waals surface area contributed by atoms with Crippen molar-refractivity contribution in [1.29, 1.82) is 0 Å². The average molecular weight is 274 g/mol. The van der Waals surface area contributed by atoms with Gasteiger partial charge in [0.15, 0.2) is 0 Å². The highest BCUT2D eigenvalue weighted by molar-refractivity contribution is 7.90. The summed E-state index contributed by atoms with van der Waals surface area (Å²) in [6.07, 6.45) is 6.15. The number of hydrogen-bond acceptors (Lipinski definition) is 3. The van der Waals surface area contributed by atoms with Gasteiger partial charge in [-0.3, -0.25) is 0 Å². The van der Waals surface area contributed by atoms with E-state index in [0.717, 1.165) is 45.2 Å². The second-order valence-corrected chi connectivity index (χ2v) is 7.93. The summed E-state index contributed by atoms with van der Waals surface area (Å²) >= 11 is 0. The van der Waals surface area contributed by atoms with Crippen molar-refractivity contribution in [3.8, 4) is 0 Å². The van der Waals surface area contributed by atoms with Gasteiger partial charge in [0.05, 0.1) is 5.25 Å². The quantitative estimate of drug-likeness (QED) is 0.816. The van der Waals surface area contributed by atoms with Crippen molar-refractivity contribution in [2.45, 2.75) is 50.7 Å². The summed E-state index contributed by atoms with van der Waals surface area (Å²) in [5.74, 6) is 1.05. The topological polar surface area (TPSA) is 58.2 Å². The van der Waals surface area contributed by atoms with Crippen LogP contribution < -0.4 is 10.0 Å². The molecule has 2 fully saturated rings. The van der Waals surface area contributed by atoms with Gasteiger partial charge in [-0.2, -0.15) is 0 Å². The van der Waals surface area contributed by atoms with Crippen molar-refractivity contribution < 1.29 is 8.42 Å². The Morgan fingerprint density at radius 3 is 2.56 bits per heavy atom. The summed E-state index contributed by atoms with van der Waals surface area (Å²) in [5, 5.41) is 3.21. The van der Waals surface area contributed by atoms with Crippen LogP contribution in [0.25, 0.3) is 0 Å². The van der Waals surface area contributed by atoms with Crippen LogP contribution in [0.1, 0.15) is 45.4 Å². The largest absolute Gasteiger partial charge is 0.316 e. The summed E-state index contributed by atoms with van der Waals surface area (Å²) in [6, 6.07) is 0. The molecule has 0 aromatic heterocycles. The van der Waals surface area contributed by atoms with Crippen LogP contribution in [0.2, 0.25) is 0 Å². The molecule has 0 aromatic carbocycles. The molecule has 0 bridgehead atoms. The fourth-order valence-electron chi connectivity index (χ4n) is 3.04. The molecule has 1 saturated carbocycles. The van der Waals surface area contributed by atoms with Gasteiger partial charge in [-0.15, -0.1) is 0 Å². The third-order valence-electron chi connectivity index (χ3n) is 4.53. The van der Waals surface area contributed by atoms with Crippen LogP contribution in [0, 0.1) is 11.8 Å². The van der Waals surface area contributed by atoms with Crippen LogP contribution in [0.3, 0.4) is 0 Å². The molecule has 1 aliphatic carbocycles. The van der Waals surface area contributed by atoms with Crippen molar-refractivity contribution in [2.75, 3.05) is 19.6 Å². The lowest BCUT2D eigenvalue weighted by atomic mass is 9.88. The number of hydrogen-bond donors (Lipinski definition) is 2. The molecule has 0 radical (unpaired) electrons. The van der Waals surface area contributed by atoms with E-state index >= 15 is 0 Å². The standard InChI is InChI=1S/C13H26N2O2S/c1-11-7-8-14-9-12(11)10-15-18(16,17)13-5-3-2-4-6-13/h11-15H,2-10H2,1H3. The molecule has 1 aliphatic heterocycles. The summed E-state index contributed by atoms with van der Waals surface area (Å²) in [4.78, 5) is 0. The predicted molar refractivity (Wildman–Crippen MR) is 73.9 cm³/mol. The molecule has 106 valence electrons. The van der Waals surface area contributed by atoms with Crippen LogP contribution in [0.4, 0.5) is 0 Å². The lowest BCUT2D eigenvalue weighted by Crippen LogP contribution is -2.44. The highest BCUT2D eigenvalue weighted by Gasteiger charge is 2.29. The fourth-order valence-corrected chi connectivity index (χ4v) is 4.68. The van der Waals surface area contributed by atoms with Gasteiger partial charge >= 0.3 is 0 Å². The lowest BCUT2D eigenvalue weighted by Gasteiger charge is -2.30. The van der Waals surface area contributed by atoms with E-state index in [1.807, 2.05) is 0 Å². The molecule has 5 heteroatoms. The first-order valence-electron chi connectivity index (χ1n) is 7.29. The van der Waals surface area contributed by atoms with Crippen LogP contribution in [-0.2, 0) is 10.0 Å². The number of nitrogens with one attached hydrogen (secondary N) is 2. The fraction of sp³-hybridized carbons (Fsp3) is 1.00. The Kier molecular flexibility index (Phi) is 5.04. The second kappa shape index (κ2) is 6.35. The smallest absolute Gasteiger partial charge is 0.214 e. The molecule has 0 amide bonds. The lowest BCUT2D eigenvalue weighted by molar-refractivity contribution is 0.274. The monoisotopic (exact) mass is 274 g/mol. The average Bonchev–Trinajstić information content (AvgIpc) is 2.39. The van der Waals surface area contributed by atoms with Crippen molar-refractivity contribution in [3.05, 3.63) is 0 Å². The molecule has 2 N–H and O–H groups in total. The van der Waals surface area contributed by atoms with Gasteiger partial charge in [0.2, 0.25) is 10.0 Å². The van der Waals surface area contributed by atoms with E-state index in [9.17, 15) is 8.42 Å². The Bertz CT molecular complexity index is 350. The summed E-state index contributed by atoms with van der Waals surface area (Å²) in [6.45, 7) is 4.83. The van der Waals surface area contributed by atoms with Crippen LogP contribution in [-0.4, -0.2) is 33.3 Å². The zero-order valence-corrected chi connectivity index (χ0v) is 12.1. The van der Waals surface area contributed by atoms with Crippen LogP contribution in [0.15, 0.2) is 0 Å². The van der Waals surface area contributed by atoms with E-state index in [-0.39, 0.29) is 5.25 Å². The van der Waals surface area contributed by atoms with Crippen molar-refractivity contribution in [1.82, 2.24) is 10.0 Å². The van der Waals surface area contributed by atoms with E-state index in [0.29, 0.717) is 18.4 Å². The van der Waals surface area contributed by atoms with Crippen molar-refractivity contribution in [3.63, 3.8) is 0 Å². The minimum atomic E-state index is -3.08. The zero-order chi connectivity index (χ0) is 13.0. The highest BCUT2D eigenvalue weighted by Crippen LogP contribution is 2.24. The summed E-state index contributed by atoms with van der Waals surface area (Å²) < 4.78 is 27.3. The zero-order valence-electron chi connectivity index (χ0n) is 11.3. The third-order valence-corrected chi connectivity index (χ3v) is 6.44. The number of sulfonamides is 1. The minimum Gasteiger partial charge on any atom is -0.316 e. The van der Waals surface area contributed by atoms with E-state index in [1.54, 1.807) is 0 Å². The number of piperidine rings is 1. The molecule has 1 saturated heterocycles. The van der Waals surface area contributed by atoms with E-state index in [2.05, 4.69) is 17.0 Å². The Labute approximate surface area is 111 Å². The number of rotatable bonds is 4. The molecule has 18 heavy (non-hydrogen) atoms. The Morgan fingerprint density at radius 2 is 1.89 bits per heavy atom. The normalized spacial score (nSPS) is 31.4. The first-order valence-corrected chi connectivity index (χ1v) is 8.83. The summed E-state index contributed by atoms with van der Waals surface area (Å²) in [7, 11) is -3.08. The SMILES string of the molecule is CC1CCNCC1CNS(=O)(=O)C1CCCCC1. The van der Waals surface area contributed by atoms with Gasteiger partial charge in [0.25, 0.3) is 0 Å². The first-order chi connectivity index (χ1) is 8.59. The maximum absolute atomic E-state index is 12.2. The van der Waals surface area contributed by atoms with Gasteiger partial charge in [-0.05, 0) is 44.2 Å². The molecule has 2 aliphatic rings. The van der Waals surface area contributed by atoms with Gasteiger partial charge in [-0.25, -0.2) is 13.1 Å². The molecule has 2 rings (SSSR count). The molecule has 0 spiro atoms. The highest BCUT2D eigenvalue weighted by atomic mass is 32.2. The maximum Gasteiger partial charge on any atom is 0.214 e. The van der Waals surface area contributed by atoms with Gasteiger partial charge in [0, 0.05) is 6.54 Å². The van der Waals surface area contributed by atoms with Gasteiger partial charge < -0.3 is 5.32 Å². The first kappa shape index (κ1) is 14.3. The van der Waals surface area contributed by atoms with E-state index in [4.69, 9.17) is 0 Å². The molecule has 0 aromatic rings. The van der Waals surface area contributed by atoms with Crippen molar-refractivity contribution >= 4 is 10.0 Å². The van der Waals surface area contributed by atoms with E-state index < -0.39 is 10.0 Å². The molecular formula is C13H26N2O2S. The predicted octanol–water partition coefficient (Wildman–Crippen LogP) is 1.48. The Balaban J connectivity index is 1.84. The molecular weight excluding hydrogens is 248 g/mol. The Morgan fingerprint density at radius 1 is 1.17 bits per heavy atom. The minimum absolute atomic E-state index is 0.141. The third kappa shape index (κ3) is 3.68. The molecule has 2 unspecified atom stereocenters. The molecule has 4 nitrogen and oxygen atoms in total. The maximum atomic E-state index is 12.2. The van der Waals surface area contributed by atoms with Crippen LogP contribution >= 0.6 is 0 Å². The second-order valence-electron chi connectivity index (χ2n) is 5.88. The van der Waals surface area contributed by atoms with Crippen molar-refractivity contribution in [2.24, 2.45) is 11.8 Å². The summed E-state index contributed by atoms with van der Waals surface area (Å²) in [5.41, 5.74) is 0. The molecule has 1 heterocycles. The molecule has 2 atom stereocenters. The van der Waals surface area contributed by atoms with Gasteiger partial charge in [-0.1, -0.05) is 26.2 Å².